The molecule has 4 nitrogen and oxygen atoms in total. The van der Waals surface area contributed by atoms with Crippen molar-refractivity contribution in [3.05, 3.63) is 0 Å². The molecule has 1 heterocycles. The summed E-state index contributed by atoms with van der Waals surface area (Å²) < 4.78 is 42.0. The number of nitrogens with two attached hydrogens (primary N) is 1. The SMILES string of the molecule is NCCN(CCN1CCOCC1)CC(F)(F)F. The molecule has 0 atom stereocenters. The van der Waals surface area contributed by atoms with Crippen molar-refractivity contribution < 1.29 is 17.9 Å². The number of morpholine rings is 1. The molecule has 2 N–H and O–H groups in total. The predicted octanol–water partition coefficient (Wildman–Crippen LogP) is 0.142. The van der Waals surface area contributed by atoms with E-state index in [1.165, 1.54) is 4.90 Å². The fraction of sp³-hybridized carbons (Fsp3) is 1.00. The van der Waals surface area contributed by atoms with Crippen LogP contribution in [-0.2, 0) is 4.74 Å². The Labute approximate surface area is 99.5 Å². The molecule has 1 fully saturated rings. The summed E-state index contributed by atoms with van der Waals surface area (Å²) in [5.74, 6) is 0. The van der Waals surface area contributed by atoms with Gasteiger partial charge < -0.3 is 10.5 Å². The smallest absolute Gasteiger partial charge is 0.379 e. The van der Waals surface area contributed by atoms with E-state index in [1.807, 2.05) is 0 Å². The Morgan fingerprint density at radius 3 is 2.35 bits per heavy atom. The third kappa shape index (κ3) is 6.82. The van der Waals surface area contributed by atoms with Gasteiger partial charge in [0, 0.05) is 39.3 Å². The summed E-state index contributed by atoms with van der Waals surface area (Å²) in [4.78, 5) is 3.47. The number of hydrogen-bond donors (Lipinski definition) is 1. The highest BCUT2D eigenvalue weighted by molar-refractivity contribution is 4.68. The zero-order chi connectivity index (χ0) is 12.7. The fourth-order valence-corrected chi connectivity index (χ4v) is 1.81. The van der Waals surface area contributed by atoms with E-state index in [-0.39, 0.29) is 13.1 Å². The summed E-state index contributed by atoms with van der Waals surface area (Å²) in [7, 11) is 0. The van der Waals surface area contributed by atoms with Crippen LogP contribution >= 0.6 is 0 Å². The van der Waals surface area contributed by atoms with Crippen LogP contribution in [0.3, 0.4) is 0 Å². The Bertz CT molecular complexity index is 207. The Hall–Kier alpha value is -0.370. The van der Waals surface area contributed by atoms with Gasteiger partial charge in [0.2, 0.25) is 0 Å². The van der Waals surface area contributed by atoms with Crippen molar-refractivity contribution in [1.29, 1.82) is 0 Å². The van der Waals surface area contributed by atoms with Crippen LogP contribution in [0.1, 0.15) is 0 Å². The normalized spacial score (nSPS) is 18.9. The minimum absolute atomic E-state index is 0.249. The summed E-state index contributed by atoms with van der Waals surface area (Å²) in [5.41, 5.74) is 5.31. The third-order valence-corrected chi connectivity index (χ3v) is 2.68. The molecule has 17 heavy (non-hydrogen) atoms. The molecule has 1 aliphatic rings. The second-order valence-corrected chi connectivity index (χ2v) is 4.13. The van der Waals surface area contributed by atoms with Gasteiger partial charge >= 0.3 is 6.18 Å². The minimum atomic E-state index is -4.15. The molecule has 0 bridgehead atoms. The van der Waals surface area contributed by atoms with Gasteiger partial charge in [0.1, 0.15) is 0 Å². The van der Waals surface area contributed by atoms with E-state index < -0.39 is 12.7 Å². The first-order valence-electron chi connectivity index (χ1n) is 5.80. The van der Waals surface area contributed by atoms with Crippen molar-refractivity contribution >= 4 is 0 Å². The Kier molecular flexibility index (Phi) is 6.18. The van der Waals surface area contributed by atoms with Gasteiger partial charge in [-0.25, -0.2) is 0 Å². The van der Waals surface area contributed by atoms with E-state index in [0.717, 1.165) is 13.1 Å². The van der Waals surface area contributed by atoms with Gasteiger partial charge in [-0.3, -0.25) is 9.80 Å². The van der Waals surface area contributed by atoms with E-state index in [2.05, 4.69) is 4.90 Å². The van der Waals surface area contributed by atoms with Gasteiger partial charge in [-0.15, -0.1) is 0 Å². The first kappa shape index (κ1) is 14.7. The van der Waals surface area contributed by atoms with Crippen LogP contribution in [0.15, 0.2) is 0 Å². The summed E-state index contributed by atoms with van der Waals surface area (Å²) in [6.45, 7) is 3.60. The topological polar surface area (TPSA) is 41.7 Å². The van der Waals surface area contributed by atoms with Gasteiger partial charge in [-0.05, 0) is 0 Å². The molecule has 1 aliphatic heterocycles. The van der Waals surface area contributed by atoms with Crippen molar-refractivity contribution in [1.82, 2.24) is 9.80 Å². The summed E-state index contributed by atoms with van der Waals surface area (Å²) >= 11 is 0. The molecular formula is C10H20F3N3O. The second-order valence-electron chi connectivity index (χ2n) is 4.13. The van der Waals surface area contributed by atoms with Gasteiger partial charge in [0.05, 0.1) is 19.8 Å². The number of halogens is 3. The van der Waals surface area contributed by atoms with E-state index in [1.54, 1.807) is 0 Å². The van der Waals surface area contributed by atoms with Gasteiger partial charge in [-0.2, -0.15) is 13.2 Å². The third-order valence-electron chi connectivity index (χ3n) is 2.68. The number of ether oxygens (including phenoxy) is 1. The summed E-state index contributed by atoms with van der Waals surface area (Å²) in [5, 5.41) is 0. The van der Waals surface area contributed by atoms with E-state index in [9.17, 15) is 13.2 Å². The van der Waals surface area contributed by atoms with E-state index >= 15 is 0 Å². The molecule has 1 saturated heterocycles. The van der Waals surface area contributed by atoms with Crippen molar-refractivity contribution in [2.24, 2.45) is 5.73 Å². The molecule has 0 saturated carbocycles. The quantitative estimate of drug-likeness (QED) is 0.733. The lowest BCUT2D eigenvalue weighted by Crippen LogP contribution is -2.45. The number of alkyl halides is 3. The molecule has 0 radical (unpaired) electrons. The van der Waals surface area contributed by atoms with Crippen molar-refractivity contribution in [2.75, 3.05) is 59.0 Å². The zero-order valence-corrected chi connectivity index (χ0v) is 9.88. The molecule has 0 aromatic rings. The molecule has 0 spiro atoms. The number of nitrogens with zero attached hydrogens (tertiary/aromatic N) is 2. The summed E-state index contributed by atoms with van der Waals surface area (Å²) in [6, 6.07) is 0. The Balaban J connectivity index is 2.27. The van der Waals surface area contributed by atoms with Crippen LogP contribution in [0.25, 0.3) is 0 Å². The Morgan fingerprint density at radius 2 is 1.82 bits per heavy atom. The molecule has 0 aromatic carbocycles. The molecule has 0 unspecified atom stereocenters. The maximum atomic E-state index is 12.3. The highest BCUT2D eigenvalue weighted by Gasteiger charge is 2.30. The van der Waals surface area contributed by atoms with Gasteiger partial charge in [0.25, 0.3) is 0 Å². The van der Waals surface area contributed by atoms with Crippen LogP contribution < -0.4 is 5.73 Å². The van der Waals surface area contributed by atoms with Crippen LogP contribution in [-0.4, -0.2) is 75.0 Å². The zero-order valence-electron chi connectivity index (χ0n) is 9.88. The van der Waals surface area contributed by atoms with Crippen LogP contribution in [0.2, 0.25) is 0 Å². The maximum Gasteiger partial charge on any atom is 0.401 e. The standard InChI is InChI=1S/C10H20F3N3O/c11-10(12,13)9-16(2-1-14)4-3-15-5-7-17-8-6-15/h1-9,14H2. The number of rotatable bonds is 6. The van der Waals surface area contributed by atoms with Crippen LogP contribution in [0, 0.1) is 0 Å². The average molecular weight is 255 g/mol. The molecule has 102 valence electrons. The second kappa shape index (κ2) is 7.15. The fourth-order valence-electron chi connectivity index (χ4n) is 1.81. The molecule has 0 aliphatic carbocycles. The largest absolute Gasteiger partial charge is 0.401 e. The first-order valence-corrected chi connectivity index (χ1v) is 5.80. The monoisotopic (exact) mass is 255 g/mol. The van der Waals surface area contributed by atoms with Crippen molar-refractivity contribution in [3.63, 3.8) is 0 Å². The van der Waals surface area contributed by atoms with Gasteiger partial charge in [0.15, 0.2) is 0 Å². The molecule has 7 heteroatoms. The molecular weight excluding hydrogens is 235 g/mol. The number of hydrogen-bond acceptors (Lipinski definition) is 4. The van der Waals surface area contributed by atoms with E-state index in [4.69, 9.17) is 10.5 Å². The lowest BCUT2D eigenvalue weighted by atomic mass is 10.3. The predicted molar refractivity (Wildman–Crippen MR) is 58.8 cm³/mol. The highest BCUT2D eigenvalue weighted by Crippen LogP contribution is 2.16. The van der Waals surface area contributed by atoms with E-state index in [0.29, 0.717) is 26.3 Å². The minimum Gasteiger partial charge on any atom is -0.379 e. The Morgan fingerprint density at radius 1 is 1.18 bits per heavy atom. The molecule has 0 amide bonds. The molecule has 0 aromatic heterocycles. The first-order chi connectivity index (χ1) is 8.01. The van der Waals surface area contributed by atoms with Crippen molar-refractivity contribution in [2.45, 2.75) is 6.18 Å². The molecule has 1 rings (SSSR count). The summed E-state index contributed by atoms with van der Waals surface area (Å²) in [6.07, 6.45) is -4.15. The lowest BCUT2D eigenvalue weighted by Gasteiger charge is -2.30. The van der Waals surface area contributed by atoms with Crippen LogP contribution in [0.5, 0.6) is 0 Å². The maximum absolute atomic E-state index is 12.3. The van der Waals surface area contributed by atoms with Gasteiger partial charge in [-0.1, -0.05) is 0 Å². The average Bonchev–Trinajstić information content (AvgIpc) is 2.26. The van der Waals surface area contributed by atoms with Crippen LogP contribution in [0.4, 0.5) is 13.2 Å². The highest BCUT2D eigenvalue weighted by atomic mass is 19.4. The lowest BCUT2D eigenvalue weighted by molar-refractivity contribution is -0.146. The van der Waals surface area contributed by atoms with Crippen molar-refractivity contribution in [3.8, 4) is 0 Å².